The highest BCUT2D eigenvalue weighted by atomic mass is 35.5. The van der Waals surface area contributed by atoms with E-state index in [1.165, 1.54) is 0 Å². The maximum Gasteiger partial charge on any atom is 0.249 e. The number of nitrogens with zero attached hydrogens (tertiary/aromatic N) is 5. The summed E-state index contributed by atoms with van der Waals surface area (Å²) < 4.78 is 5.79. The van der Waals surface area contributed by atoms with E-state index in [-0.39, 0.29) is 5.91 Å². The second kappa shape index (κ2) is 8.78. The maximum absolute atomic E-state index is 12.3. The summed E-state index contributed by atoms with van der Waals surface area (Å²) >= 11 is 12.1. The van der Waals surface area contributed by atoms with E-state index in [0.29, 0.717) is 40.5 Å². The molecule has 0 unspecified atom stereocenters. The van der Waals surface area contributed by atoms with E-state index in [4.69, 9.17) is 27.6 Å². The first-order valence-electron chi connectivity index (χ1n) is 9.59. The SMILES string of the molecule is O=C(CN1CCN(Cc2nnc(-c3ccc(Cl)cc3Cl)o2)CC1)N1CCCC1. The smallest absolute Gasteiger partial charge is 0.249 e. The molecule has 0 bridgehead atoms. The molecule has 0 aliphatic carbocycles. The van der Waals surface area contributed by atoms with Crippen molar-refractivity contribution in [1.82, 2.24) is 24.9 Å². The van der Waals surface area contributed by atoms with Gasteiger partial charge in [0.15, 0.2) is 0 Å². The molecule has 0 radical (unpaired) electrons. The zero-order chi connectivity index (χ0) is 19.5. The monoisotopic (exact) mass is 423 g/mol. The molecule has 2 aromatic rings. The summed E-state index contributed by atoms with van der Waals surface area (Å²) in [6.07, 6.45) is 2.26. The molecule has 0 saturated carbocycles. The van der Waals surface area contributed by atoms with E-state index < -0.39 is 0 Å². The van der Waals surface area contributed by atoms with Gasteiger partial charge in [-0.3, -0.25) is 14.6 Å². The Morgan fingerprint density at radius 2 is 1.71 bits per heavy atom. The third-order valence-corrected chi connectivity index (χ3v) is 5.82. The van der Waals surface area contributed by atoms with Gasteiger partial charge < -0.3 is 9.32 Å². The van der Waals surface area contributed by atoms with Gasteiger partial charge in [-0.1, -0.05) is 23.2 Å². The van der Waals surface area contributed by atoms with Gasteiger partial charge in [-0.05, 0) is 31.0 Å². The fourth-order valence-corrected chi connectivity index (χ4v) is 4.13. The van der Waals surface area contributed by atoms with Crippen molar-refractivity contribution in [3.05, 3.63) is 34.1 Å². The van der Waals surface area contributed by atoms with E-state index in [1.54, 1.807) is 18.2 Å². The molecule has 1 amide bonds. The van der Waals surface area contributed by atoms with Gasteiger partial charge in [0.1, 0.15) is 0 Å². The molecular formula is C19H23Cl2N5O2. The lowest BCUT2D eigenvalue weighted by molar-refractivity contribution is -0.131. The van der Waals surface area contributed by atoms with Crippen LogP contribution in [-0.2, 0) is 11.3 Å². The van der Waals surface area contributed by atoms with Gasteiger partial charge in [0.2, 0.25) is 17.7 Å². The van der Waals surface area contributed by atoms with Crippen LogP contribution < -0.4 is 0 Å². The van der Waals surface area contributed by atoms with Crippen LogP contribution in [0.1, 0.15) is 18.7 Å². The van der Waals surface area contributed by atoms with Crippen molar-refractivity contribution in [3.8, 4) is 11.5 Å². The van der Waals surface area contributed by atoms with Crippen molar-refractivity contribution in [2.45, 2.75) is 19.4 Å². The van der Waals surface area contributed by atoms with Gasteiger partial charge in [-0.15, -0.1) is 10.2 Å². The number of likely N-dealkylation sites (tertiary alicyclic amines) is 1. The number of halogens is 2. The Balaban J connectivity index is 1.28. The van der Waals surface area contributed by atoms with Crippen LogP contribution in [0.3, 0.4) is 0 Å². The molecule has 0 N–H and O–H groups in total. The van der Waals surface area contributed by atoms with Crippen LogP contribution in [0.2, 0.25) is 10.0 Å². The minimum Gasteiger partial charge on any atom is -0.419 e. The molecule has 1 aromatic carbocycles. The highest BCUT2D eigenvalue weighted by Crippen LogP contribution is 2.29. The molecule has 9 heteroatoms. The molecule has 1 aromatic heterocycles. The summed E-state index contributed by atoms with van der Waals surface area (Å²) in [7, 11) is 0. The lowest BCUT2D eigenvalue weighted by Crippen LogP contribution is -2.49. The van der Waals surface area contributed by atoms with E-state index >= 15 is 0 Å². The molecule has 4 rings (SSSR count). The van der Waals surface area contributed by atoms with Gasteiger partial charge in [-0.2, -0.15) is 0 Å². The Kier molecular flexibility index (Phi) is 6.16. The molecule has 2 saturated heterocycles. The average molecular weight is 424 g/mol. The fraction of sp³-hybridized carbons (Fsp3) is 0.526. The number of amides is 1. The number of hydrogen-bond acceptors (Lipinski definition) is 6. The van der Waals surface area contributed by atoms with Crippen molar-refractivity contribution < 1.29 is 9.21 Å². The highest BCUT2D eigenvalue weighted by molar-refractivity contribution is 6.36. The van der Waals surface area contributed by atoms with Crippen molar-refractivity contribution >= 4 is 29.1 Å². The molecule has 2 fully saturated rings. The number of benzene rings is 1. The first-order valence-corrected chi connectivity index (χ1v) is 10.3. The standard InChI is InChI=1S/C19H23Cl2N5O2/c20-14-3-4-15(16(21)11-14)19-23-22-17(28-19)12-24-7-9-25(10-8-24)13-18(27)26-5-1-2-6-26/h3-4,11H,1-2,5-10,12-13H2. The van der Waals surface area contributed by atoms with E-state index in [2.05, 4.69) is 20.0 Å². The third kappa shape index (κ3) is 4.66. The quantitative estimate of drug-likeness (QED) is 0.736. The normalized spacial score (nSPS) is 18.7. The van der Waals surface area contributed by atoms with Crippen molar-refractivity contribution in [1.29, 1.82) is 0 Å². The largest absolute Gasteiger partial charge is 0.419 e. The van der Waals surface area contributed by atoms with Crippen LogP contribution in [0.5, 0.6) is 0 Å². The minimum absolute atomic E-state index is 0.257. The van der Waals surface area contributed by atoms with Crippen molar-refractivity contribution in [2.75, 3.05) is 45.8 Å². The van der Waals surface area contributed by atoms with Gasteiger partial charge >= 0.3 is 0 Å². The Bertz CT molecular complexity index is 829. The van der Waals surface area contributed by atoms with E-state index in [1.807, 2.05) is 4.90 Å². The molecule has 28 heavy (non-hydrogen) atoms. The Morgan fingerprint density at radius 3 is 2.43 bits per heavy atom. The highest BCUT2D eigenvalue weighted by Gasteiger charge is 2.24. The van der Waals surface area contributed by atoms with E-state index in [0.717, 1.165) is 52.1 Å². The number of carbonyl (C=O) groups is 1. The predicted molar refractivity (Wildman–Crippen MR) is 107 cm³/mol. The van der Waals surface area contributed by atoms with Crippen molar-refractivity contribution in [2.24, 2.45) is 0 Å². The molecule has 0 spiro atoms. The van der Waals surface area contributed by atoms with Gasteiger partial charge in [0.25, 0.3) is 0 Å². The summed E-state index contributed by atoms with van der Waals surface area (Å²) in [5.41, 5.74) is 0.676. The second-order valence-electron chi connectivity index (χ2n) is 7.27. The van der Waals surface area contributed by atoms with Crippen molar-refractivity contribution in [3.63, 3.8) is 0 Å². The molecule has 7 nitrogen and oxygen atoms in total. The van der Waals surface area contributed by atoms with Crippen LogP contribution in [0.25, 0.3) is 11.5 Å². The fourth-order valence-electron chi connectivity index (χ4n) is 3.64. The van der Waals surface area contributed by atoms with E-state index in [9.17, 15) is 4.79 Å². The Hall–Kier alpha value is -1.67. The molecule has 0 atom stereocenters. The lowest BCUT2D eigenvalue weighted by Gasteiger charge is -2.34. The third-order valence-electron chi connectivity index (χ3n) is 5.27. The summed E-state index contributed by atoms with van der Waals surface area (Å²) in [6, 6.07) is 5.18. The molecular weight excluding hydrogens is 401 g/mol. The second-order valence-corrected chi connectivity index (χ2v) is 8.11. The zero-order valence-corrected chi connectivity index (χ0v) is 17.1. The first kappa shape index (κ1) is 19.6. The summed E-state index contributed by atoms with van der Waals surface area (Å²) in [5.74, 6) is 1.21. The molecule has 2 aliphatic rings. The number of hydrogen-bond donors (Lipinski definition) is 0. The number of rotatable bonds is 5. The Labute approximate surface area is 174 Å². The van der Waals surface area contributed by atoms with Crippen LogP contribution in [0.15, 0.2) is 22.6 Å². The minimum atomic E-state index is 0.257. The molecule has 2 aliphatic heterocycles. The molecule has 3 heterocycles. The molecule has 150 valence electrons. The Morgan fingerprint density at radius 1 is 1.00 bits per heavy atom. The van der Waals surface area contributed by atoms with Crippen LogP contribution in [0.4, 0.5) is 0 Å². The summed E-state index contributed by atoms with van der Waals surface area (Å²) in [4.78, 5) is 18.8. The first-order chi connectivity index (χ1) is 13.6. The van der Waals surface area contributed by atoms with Gasteiger partial charge in [-0.25, -0.2) is 0 Å². The predicted octanol–water partition coefficient (Wildman–Crippen LogP) is 2.78. The maximum atomic E-state index is 12.3. The summed E-state index contributed by atoms with van der Waals surface area (Å²) in [5, 5.41) is 9.30. The van der Waals surface area contributed by atoms with Gasteiger partial charge in [0.05, 0.1) is 23.7 Å². The van der Waals surface area contributed by atoms with Crippen LogP contribution >= 0.6 is 23.2 Å². The topological polar surface area (TPSA) is 65.7 Å². The average Bonchev–Trinajstić information content (AvgIpc) is 3.36. The van der Waals surface area contributed by atoms with Crippen LogP contribution in [-0.4, -0.2) is 76.6 Å². The number of carbonyl (C=O) groups excluding carboxylic acids is 1. The summed E-state index contributed by atoms with van der Waals surface area (Å²) in [6.45, 7) is 6.40. The zero-order valence-electron chi connectivity index (χ0n) is 15.6. The number of piperazine rings is 1. The van der Waals surface area contributed by atoms with Gasteiger partial charge in [0, 0.05) is 44.3 Å². The van der Waals surface area contributed by atoms with Crippen LogP contribution in [0, 0.1) is 0 Å². The number of aromatic nitrogens is 2. The lowest BCUT2D eigenvalue weighted by atomic mass is 10.2.